The van der Waals surface area contributed by atoms with Gasteiger partial charge in [-0.05, 0) is 26.3 Å². The lowest BCUT2D eigenvalue weighted by atomic mass is 10.0. The van der Waals surface area contributed by atoms with Gasteiger partial charge in [0.2, 0.25) is 0 Å². The SMILES string of the molecule is CCN(CC)C(=O)N[C@H]1COc2c(cccc2OC)C1. The Morgan fingerprint density at radius 1 is 1.45 bits per heavy atom. The molecular weight excluding hydrogens is 256 g/mol. The number of para-hydroxylation sites is 1. The molecule has 20 heavy (non-hydrogen) atoms. The Balaban J connectivity index is 2.03. The molecule has 0 saturated heterocycles. The van der Waals surface area contributed by atoms with Crippen LogP contribution >= 0.6 is 0 Å². The van der Waals surface area contributed by atoms with E-state index >= 15 is 0 Å². The van der Waals surface area contributed by atoms with Crippen LogP contribution in [0.3, 0.4) is 0 Å². The fourth-order valence-corrected chi connectivity index (χ4v) is 2.42. The highest BCUT2D eigenvalue weighted by molar-refractivity contribution is 5.74. The summed E-state index contributed by atoms with van der Waals surface area (Å²) in [7, 11) is 1.63. The summed E-state index contributed by atoms with van der Waals surface area (Å²) in [5, 5.41) is 3.02. The second-order valence-electron chi connectivity index (χ2n) is 4.78. The summed E-state index contributed by atoms with van der Waals surface area (Å²) >= 11 is 0. The number of hydrogen-bond donors (Lipinski definition) is 1. The standard InChI is InChI=1S/C15H22N2O3/c1-4-17(5-2)15(18)16-12-9-11-7-6-8-13(19-3)14(11)20-10-12/h6-8,12H,4-5,9-10H2,1-3H3,(H,16,18)/t12-/m1/s1. The third-order valence-corrected chi connectivity index (χ3v) is 3.55. The Morgan fingerprint density at radius 3 is 2.85 bits per heavy atom. The first-order valence-corrected chi connectivity index (χ1v) is 7.03. The van der Waals surface area contributed by atoms with Gasteiger partial charge in [0, 0.05) is 18.7 Å². The van der Waals surface area contributed by atoms with Gasteiger partial charge in [0.15, 0.2) is 11.5 Å². The van der Waals surface area contributed by atoms with E-state index in [9.17, 15) is 4.79 Å². The summed E-state index contributed by atoms with van der Waals surface area (Å²) in [6, 6.07) is 5.80. The third kappa shape index (κ3) is 2.98. The van der Waals surface area contributed by atoms with Gasteiger partial charge in [-0.25, -0.2) is 4.79 Å². The molecule has 0 aromatic heterocycles. The monoisotopic (exact) mass is 278 g/mol. The van der Waals surface area contributed by atoms with Gasteiger partial charge in [-0.1, -0.05) is 12.1 Å². The molecule has 5 heteroatoms. The summed E-state index contributed by atoms with van der Waals surface area (Å²) in [4.78, 5) is 13.8. The molecule has 1 heterocycles. The van der Waals surface area contributed by atoms with E-state index in [1.807, 2.05) is 32.0 Å². The van der Waals surface area contributed by atoms with Crippen LogP contribution < -0.4 is 14.8 Å². The molecule has 0 fully saturated rings. The van der Waals surface area contributed by atoms with Crippen molar-refractivity contribution in [1.29, 1.82) is 0 Å². The van der Waals surface area contributed by atoms with Crippen molar-refractivity contribution in [2.24, 2.45) is 0 Å². The molecule has 2 rings (SSSR count). The number of methoxy groups -OCH3 is 1. The normalized spacial score (nSPS) is 16.9. The van der Waals surface area contributed by atoms with Crippen molar-refractivity contribution in [3.8, 4) is 11.5 Å². The van der Waals surface area contributed by atoms with E-state index in [2.05, 4.69) is 5.32 Å². The first kappa shape index (κ1) is 14.5. The van der Waals surface area contributed by atoms with E-state index in [4.69, 9.17) is 9.47 Å². The maximum Gasteiger partial charge on any atom is 0.317 e. The van der Waals surface area contributed by atoms with Crippen molar-refractivity contribution in [2.45, 2.75) is 26.3 Å². The van der Waals surface area contributed by atoms with Gasteiger partial charge in [-0.2, -0.15) is 0 Å². The van der Waals surface area contributed by atoms with Crippen molar-refractivity contribution in [1.82, 2.24) is 10.2 Å². The van der Waals surface area contributed by atoms with Gasteiger partial charge in [0.05, 0.1) is 13.2 Å². The highest BCUT2D eigenvalue weighted by Gasteiger charge is 2.24. The van der Waals surface area contributed by atoms with Crippen LogP contribution in [0.5, 0.6) is 11.5 Å². The first-order chi connectivity index (χ1) is 9.69. The summed E-state index contributed by atoms with van der Waals surface area (Å²) in [6.45, 7) is 5.84. The maximum atomic E-state index is 12.0. The van der Waals surface area contributed by atoms with E-state index in [1.54, 1.807) is 12.0 Å². The van der Waals surface area contributed by atoms with Crippen molar-refractivity contribution >= 4 is 6.03 Å². The van der Waals surface area contributed by atoms with Crippen LogP contribution in [0.1, 0.15) is 19.4 Å². The van der Waals surface area contributed by atoms with E-state index in [0.717, 1.165) is 23.5 Å². The number of nitrogens with one attached hydrogen (secondary N) is 1. The van der Waals surface area contributed by atoms with Gasteiger partial charge < -0.3 is 19.7 Å². The van der Waals surface area contributed by atoms with E-state index in [1.165, 1.54) is 0 Å². The minimum atomic E-state index is -0.0325. The number of benzene rings is 1. The van der Waals surface area contributed by atoms with Crippen LogP contribution in [0.2, 0.25) is 0 Å². The average Bonchev–Trinajstić information content (AvgIpc) is 2.47. The Bertz CT molecular complexity index is 472. The molecule has 110 valence electrons. The topological polar surface area (TPSA) is 50.8 Å². The zero-order chi connectivity index (χ0) is 14.5. The van der Waals surface area contributed by atoms with Gasteiger partial charge in [0.25, 0.3) is 0 Å². The molecule has 0 unspecified atom stereocenters. The molecule has 1 aromatic rings. The van der Waals surface area contributed by atoms with Crippen LogP contribution in [0.15, 0.2) is 18.2 Å². The average molecular weight is 278 g/mol. The molecule has 0 radical (unpaired) electrons. The van der Waals surface area contributed by atoms with Crippen LogP contribution in [0.4, 0.5) is 4.79 Å². The summed E-state index contributed by atoms with van der Waals surface area (Å²) in [5.41, 5.74) is 1.07. The fourth-order valence-electron chi connectivity index (χ4n) is 2.42. The third-order valence-electron chi connectivity index (χ3n) is 3.55. The van der Waals surface area contributed by atoms with E-state index in [0.29, 0.717) is 19.7 Å². The minimum Gasteiger partial charge on any atom is -0.493 e. The molecule has 0 aliphatic carbocycles. The van der Waals surface area contributed by atoms with Crippen LogP contribution in [0.25, 0.3) is 0 Å². The zero-order valence-electron chi connectivity index (χ0n) is 12.3. The lowest BCUT2D eigenvalue weighted by molar-refractivity contribution is 0.183. The van der Waals surface area contributed by atoms with Crippen molar-refractivity contribution < 1.29 is 14.3 Å². The Hall–Kier alpha value is -1.91. The quantitative estimate of drug-likeness (QED) is 0.917. The molecule has 0 bridgehead atoms. The van der Waals surface area contributed by atoms with Crippen LogP contribution in [0, 0.1) is 0 Å². The van der Waals surface area contributed by atoms with Gasteiger partial charge in [0.1, 0.15) is 6.61 Å². The number of carbonyl (C=O) groups is 1. The lowest BCUT2D eigenvalue weighted by Crippen LogP contribution is -2.48. The van der Waals surface area contributed by atoms with E-state index in [-0.39, 0.29) is 12.1 Å². The van der Waals surface area contributed by atoms with Crippen LogP contribution in [-0.4, -0.2) is 43.8 Å². The second kappa shape index (κ2) is 6.50. The van der Waals surface area contributed by atoms with Crippen LogP contribution in [-0.2, 0) is 6.42 Å². The van der Waals surface area contributed by atoms with Crippen molar-refractivity contribution in [2.75, 3.05) is 26.8 Å². The fraction of sp³-hybridized carbons (Fsp3) is 0.533. The number of urea groups is 1. The number of carbonyl (C=O) groups excluding carboxylic acids is 1. The Labute approximate surface area is 119 Å². The minimum absolute atomic E-state index is 0.00251. The van der Waals surface area contributed by atoms with Gasteiger partial charge in [-0.15, -0.1) is 0 Å². The molecule has 1 N–H and O–H groups in total. The molecule has 5 nitrogen and oxygen atoms in total. The molecule has 2 amide bonds. The number of amides is 2. The summed E-state index contributed by atoms with van der Waals surface area (Å²) in [5.74, 6) is 1.54. The number of nitrogens with zero attached hydrogens (tertiary/aromatic N) is 1. The highest BCUT2D eigenvalue weighted by Crippen LogP contribution is 2.34. The highest BCUT2D eigenvalue weighted by atomic mass is 16.5. The molecule has 0 spiro atoms. The molecule has 1 aromatic carbocycles. The Kier molecular flexibility index (Phi) is 4.71. The van der Waals surface area contributed by atoms with E-state index < -0.39 is 0 Å². The van der Waals surface area contributed by atoms with Crippen molar-refractivity contribution in [3.63, 3.8) is 0 Å². The maximum absolute atomic E-state index is 12.0. The molecular formula is C15H22N2O3. The molecule has 1 aliphatic rings. The molecule has 1 atom stereocenters. The predicted octanol–water partition coefficient (Wildman–Crippen LogP) is 2.05. The number of rotatable bonds is 4. The number of fused-ring (bicyclic) bond motifs is 1. The second-order valence-corrected chi connectivity index (χ2v) is 4.78. The summed E-state index contributed by atoms with van der Waals surface area (Å²) in [6.07, 6.45) is 0.763. The summed E-state index contributed by atoms with van der Waals surface area (Å²) < 4.78 is 11.0. The van der Waals surface area contributed by atoms with Gasteiger partial charge in [-0.3, -0.25) is 0 Å². The Morgan fingerprint density at radius 2 is 2.20 bits per heavy atom. The predicted molar refractivity (Wildman–Crippen MR) is 77.4 cm³/mol. The molecule has 0 saturated carbocycles. The first-order valence-electron chi connectivity index (χ1n) is 7.03. The van der Waals surface area contributed by atoms with Gasteiger partial charge >= 0.3 is 6.03 Å². The number of hydrogen-bond acceptors (Lipinski definition) is 3. The largest absolute Gasteiger partial charge is 0.493 e. The lowest BCUT2D eigenvalue weighted by Gasteiger charge is -2.29. The molecule has 1 aliphatic heterocycles. The van der Waals surface area contributed by atoms with Crippen molar-refractivity contribution in [3.05, 3.63) is 23.8 Å². The zero-order valence-corrected chi connectivity index (χ0v) is 12.3. The number of ether oxygens (including phenoxy) is 2. The smallest absolute Gasteiger partial charge is 0.317 e.